The maximum Gasteiger partial charge on any atom is 0.0899 e. The molecule has 4 heteroatoms. The Balaban J connectivity index is 1.05. The minimum Gasteiger partial charge on any atom is -0.336 e. The smallest absolute Gasteiger partial charge is 0.0899 e. The Morgan fingerprint density at radius 3 is 2.53 bits per heavy atom. The SMILES string of the molecule is N/N=C(\C=C/c1ccc2c(c1)c1c(n2-c2ccccc2)CC2=C1C=CCC2)c1ccc2c(c1)c1c(n2C2C=CC=CC2)CC2=C1CCC=C2. The zero-order valence-corrected chi connectivity index (χ0v) is 27.6. The normalized spacial score (nSPS) is 19.5. The van der Waals surface area contributed by atoms with Crippen LogP contribution >= 0.6 is 0 Å². The van der Waals surface area contributed by atoms with Gasteiger partial charge in [-0.15, -0.1) is 0 Å². The molecule has 0 saturated heterocycles. The van der Waals surface area contributed by atoms with Crippen molar-refractivity contribution >= 4 is 44.7 Å². The second kappa shape index (κ2) is 11.2. The van der Waals surface area contributed by atoms with Gasteiger partial charge >= 0.3 is 0 Å². The summed E-state index contributed by atoms with van der Waals surface area (Å²) in [7, 11) is 0. The molecule has 238 valence electrons. The van der Waals surface area contributed by atoms with Gasteiger partial charge in [-0.1, -0.05) is 90.6 Å². The molecule has 5 aliphatic carbocycles. The van der Waals surface area contributed by atoms with E-state index >= 15 is 0 Å². The van der Waals surface area contributed by atoms with E-state index in [-0.39, 0.29) is 0 Å². The van der Waals surface area contributed by atoms with Crippen molar-refractivity contribution in [1.82, 2.24) is 9.13 Å². The molecule has 0 fully saturated rings. The number of rotatable bonds is 5. The number of nitrogens with zero attached hydrogens (tertiary/aromatic N) is 3. The van der Waals surface area contributed by atoms with E-state index in [1.54, 1.807) is 5.57 Å². The zero-order chi connectivity index (χ0) is 32.5. The Bertz CT molecular complexity index is 2460. The molecule has 0 bridgehead atoms. The lowest BCUT2D eigenvalue weighted by Gasteiger charge is -2.20. The monoisotopic (exact) mass is 634 g/mol. The number of hydrazone groups is 1. The average molecular weight is 635 g/mol. The predicted octanol–water partition coefficient (Wildman–Crippen LogP) is 10.3. The fourth-order valence-electron chi connectivity index (χ4n) is 9.07. The van der Waals surface area contributed by atoms with E-state index in [9.17, 15) is 0 Å². The van der Waals surface area contributed by atoms with Crippen molar-refractivity contribution in [2.75, 3.05) is 0 Å². The molecule has 0 radical (unpaired) electrons. The lowest BCUT2D eigenvalue weighted by molar-refractivity contribution is 0.608. The predicted molar refractivity (Wildman–Crippen MR) is 205 cm³/mol. The van der Waals surface area contributed by atoms with Crippen LogP contribution in [0, 0.1) is 0 Å². The van der Waals surface area contributed by atoms with Gasteiger partial charge in [-0.25, -0.2) is 0 Å². The van der Waals surface area contributed by atoms with Gasteiger partial charge in [0.1, 0.15) is 0 Å². The van der Waals surface area contributed by atoms with Gasteiger partial charge < -0.3 is 15.0 Å². The minimum absolute atomic E-state index is 0.332. The first-order chi connectivity index (χ1) is 24.3. The summed E-state index contributed by atoms with van der Waals surface area (Å²) in [5.41, 5.74) is 18.4. The van der Waals surface area contributed by atoms with E-state index in [4.69, 9.17) is 5.84 Å². The highest BCUT2D eigenvalue weighted by atomic mass is 15.1. The molecule has 2 heterocycles. The summed E-state index contributed by atoms with van der Waals surface area (Å²) in [4.78, 5) is 0. The van der Waals surface area contributed by atoms with Crippen molar-refractivity contribution in [1.29, 1.82) is 0 Å². The van der Waals surface area contributed by atoms with Crippen LogP contribution in [0.2, 0.25) is 0 Å². The van der Waals surface area contributed by atoms with Crippen LogP contribution in [-0.4, -0.2) is 14.8 Å². The largest absolute Gasteiger partial charge is 0.336 e. The Labute approximate surface area is 286 Å². The lowest BCUT2D eigenvalue weighted by Crippen LogP contribution is -2.10. The van der Waals surface area contributed by atoms with Gasteiger partial charge in [-0.05, 0) is 96.9 Å². The number of aromatic nitrogens is 2. The maximum absolute atomic E-state index is 6.14. The number of fused-ring (bicyclic) bond motifs is 8. The van der Waals surface area contributed by atoms with Crippen LogP contribution in [0.3, 0.4) is 0 Å². The van der Waals surface area contributed by atoms with Gasteiger partial charge in [-0.3, -0.25) is 0 Å². The van der Waals surface area contributed by atoms with Crippen LogP contribution in [0.5, 0.6) is 0 Å². The molecule has 2 N–H and O–H groups in total. The van der Waals surface area contributed by atoms with Gasteiger partial charge in [0.25, 0.3) is 0 Å². The van der Waals surface area contributed by atoms with E-state index in [0.717, 1.165) is 61.8 Å². The molecule has 5 aromatic rings. The molecule has 0 saturated carbocycles. The second-order valence-electron chi connectivity index (χ2n) is 13.9. The first kappa shape index (κ1) is 28.4. The summed E-state index contributed by atoms with van der Waals surface area (Å²) < 4.78 is 5.06. The summed E-state index contributed by atoms with van der Waals surface area (Å²) in [6, 6.07) is 24.8. The molecule has 3 aromatic carbocycles. The molecule has 2 aromatic heterocycles. The van der Waals surface area contributed by atoms with Crippen molar-refractivity contribution in [2.45, 2.75) is 51.0 Å². The van der Waals surface area contributed by atoms with Crippen LogP contribution in [-0.2, 0) is 12.8 Å². The summed E-state index contributed by atoms with van der Waals surface area (Å²) >= 11 is 0. The Morgan fingerprint density at radius 2 is 1.65 bits per heavy atom. The fraction of sp³-hybridized carbons (Fsp3) is 0.178. The quantitative estimate of drug-likeness (QED) is 0.117. The molecule has 10 rings (SSSR count). The number of para-hydroxylation sites is 1. The van der Waals surface area contributed by atoms with Crippen molar-refractivity contribution in [3.05, 3.63) is 166 Å². The van der Waals surface area contributed by atoms with Gasteiger partial charge in [0.15, 0.2) is 0 Å². The Kier molecular flexibility index (Phi) is 6.51. The van der Waals surface area contributed by atoms with Crippen LogP contribution in [0.25, 0.3) is 44.7 Å². The Morgan fingerprint density at radius 1 is 0.796 bits per heavy atom. The van der Waals surface area contributed by atoms with E-state index in [2.05, 4.69) is 142 Å². The molecular weight excluding hydrogens is 597 g/mol. The molecule has 1 unspecified atom stereocenters. The topological polar surface area (TPSA) is 48.2 Å². The molecular formula is C45H38N4. The molecule has 5 aliphatic rings. The number of allylic oxidation sites excluding steroid dienone is 13. The summed E-state index contributed by atoms with van der Waals surface area (Å²) in [6.45, 7) is 0. The number of nitrogens with two attached hydrogens (primary N) is 1. The van der Waals surface area contributed by atoms with Crippen molar-refractivity contribution in [2.24, 2.45) is 10.9 Å². The lowest BCUT2D eigenvalue weighted by atomic mass is 9.94. The highest BCUT2D eigenvalue weighted by Gasteiger charge is 2.31. The average Bonchev–Trinajstić information content (AvgIpc) is 3.89. The van der Waals surface area contributed by atoms with Gasteiger partial charge in [-0.2, -0.15) is 5.10 Å². The molecule has 0 spiro atoms. The van der Waals surface area contributed by atoms with Crippen molar-refractivity contribution in [3.63, 3.8) is 0 Å². The zero-order valence-electron chi connectivity index (χ0n) is 27.6. The van der Waals surface area contributed by atoms with E-state index in [0.29, 0.717) is 6.04 Å². The third-order valence-corrected chi connectivity index (χ3v) is 11.2. The standard InChI is InChI=1S/C45H38N4/c46-47-39(32-21-24-41-38(26-32)45-36-18-10-8-12-31(36)28-43(45)49(41)34-15-5-2-6-16-34)22-19-29-20-23-40-37(25-29)44-35-17-9-7-11-30(35)27-42(44)48(40)33-13-3-1-4-14-33/h1-6,8-9,12-15,17,19-26,34H,7,10-11,16,18,27-28,46H2/b22-19-,47-39+. The Hall–Kier alpha value is -5.61. The van der Waals surface area contributed by atoms with E-state index < -0.39 is 0 Å². The van der Waals surface area contributed by atoms with Crippen molar-refractivity contribution in [3.8, 4) is 5.69 Å². The van der Waals surface area contributed by atoms with Crippen LogP contribution in [0.15, 0.2) is 138 Å². The maximum atomic E-state index is 6.14. The van der Waals surface area contributed by atoms with Crippen LogP contribution in [0.4, 0.5) is 0 Å². The first-order valence-electron chi connectivity index (χ1n) is 17.7. The van der Waals surface area contributed by atoms with E-state index in [1.165, 1.54) is 66.7 Å². The summed E-state index contributed by atoms with van der Waals surface area (Å²) in [5, 5.41) is 6.95. The van der Waals surface area contributed by atoms with Gasteiger partial charge in [0, 0.05) is 62.9 Å². The second-order valence-corrected chi connectivity index (χ2v) is 13.9. The molecule has 0 aliphatic heterocycles. The highest BCUT2D eigenvalue weighted by Crippen LogP contribution is 2.47. The van der Waals surface area contributed by atoms with Crippen LogP contribution < -0.4 is 5.84 Å². The first-order valence-corrected chi connectivity index (χ1v) is 17.7. The van der Waals surface area contributed by atoms with Crippen LogP contribution in [0.1, 0.15) is 71.8 Å². The van der Waals surface area contributed by atoms with Gasteiger partial charge in [0.05, 0.1) is 17.3 Å². The van der Waals surface area contributed by atoms with Crippen molar-refractivity contribution < 1.29 is 0 Å². The summed E-state index contributed by atoms with van der Waals surface area (Å²) in [6.07, 6.45) is 30.1. The molecule has 1 atom stereocenters. The highest BCUT2D eigenvalue weighted by molar-refractivity contribution is 6.13. The van der Waals surface area contributed by atoms with E-state index in [1.807, 2.05) is 0 Å². The summed E-state index contributed by atoms with van der Waals surface area (Å²) in [5.74, 6) is 6.14. The fourth-order valence-corrected chi connectivity index (χ4v) is 9.07. The molecule has 49 heavy (non-hydrogen) atoms. The number of hydrogen-bond donors (Lipinski definition) is 1. The third-order valence-electron chi connectivity index (χ3n) is 11.2. The molecule has 4 nitrogen and oxygen atoms in total. The number of hydrogen-bond acceptors (Lipinski definition) is 2. The van der Waals surface area contributed by atoms with Gasteiger partial charge in [0.2, 0.25) is 0 Å². The molecule has 0 amide bonds. The number of benzene rings is 3. The minimum atomic E-state index is 0.332. The third kappa shape index (κ3) is 4.40.